The lowest BCUT2D eigenvalue weighted by atomic mass is 10.0. The standard InChI is InChI=1S/C25H22N4O3/c1-17(30)27-20-12-10-19(11-13-20)22-23(28(2)21-8-4-3-5-9-21)25(32)29(24(22)31)16-18-7-6-14-26-15-18/h3-15H,16H2,1-2H3,(H,27,30). The Morgan fingerprint density at radius 3 is 2.31 bits per heavy atom. The molecule has 3 amide bonds. The van der Waals surface area contributed by atoms with E-state index in [1.807, 2.05) is 36.4 Å². The maximum Gasteiger partial charge on any atom is 0.278 e. The average Bonchev–Trinajstić information content (AvgIpc) is 3.05. The predicted molar refractivity (Wildman–Crippen MR) is 122 cm³/mol. The molecule has 0 fully saturated rings. The summed E-state index contributed by atoms with van der Waals surface area (Å²) in [6, 6.07) is 19.9. The number of amides is 3. The maximum absolute atomic E-state index is 13.5. The van der Waals surface area contributed by atoms with E-state index in [9.17, 15) is 14.4 Å². The second kappa shape index (κ2) is 8.85. The van der Waals surface area contributed by atoms with Crippen LogP contribution in [0, 0.1) is 0 Å². The lowest BCUT2D eigenvalue weighted by Gasteiger charge is -2.21. The van der Waals surface area contributed by atoms with E-state index in [4.69, 9.17) is 0 Å². The van der Waals surface area contributed by atoms with Crippen molar-refractivity contribution in [3.63, 3.8) is 0 Å². The minimum Gasteiger partial charge on any atom is -0.339 e. The van der Waals surface area contributed by atoms with Crippen LogP contribution >= 0.6 is 0 Å². The van der Waals surface area contributed by atoms with Crippen LogP contribution in [0.4, 0.5) is 11.4 Å². The van der Waals surface area contributed by atoms with Crippen LogP contribution in [0.2, 0.25) is 0 Å². The molecule has 32 heavy (non-hydrogen) atoms. The van der Waals surface area contributed by atoms with Crippen LogP contribution in [-0.2, 0) is 20.9 Å². The Kier molecular flexibility index (Phi) is 5.81. The second-order valence-electron chi connectivity index (χ2n) is 7.43. The third kappa shape index (κ3) is 4.13. The number of nitrogens with one attached hydrogen (secondary N) is 1. The van der Waals surface area contributed by atoms with Gasteiger partial charge in [-0.1, -0.05) is 36.4 Å². The number of benzene rings is 2. The molecule has 7 nitrogen and oxygen atoms in total. The number of imide groups is 1. The molecule has 0 bridgehead atoms. The summed E-state index contributed by atoms with van der Waals surface area (Å²) < 4.78 is 0. The van der Waals surface area contributed by atoms with Gasteiger partial charge in [0.2, 0.25) is 5.91 Å². The SMILES string of the molecule is CC(=O)Nc1ccc(C2=C(N(C)c3ccccc3)C(=O)N(Cc3cccnc3)C2=O)cc1. The van der Waals surface area contributed by atoms with E-state index >= 15 is 0 Å². The molecule has 0 saturated heterocycles. The zero-order chi connectivity index (χ0) is 22.7. The minimum atomic E-state index is -0.371. The van der Waals surface area contributed by atoms with E-state index in [1.165, 1.54) is 11.8 Å². The highest BCUT2D eigenvalue weighted by molar-refractivity contribution is 6.36. The van der Waals surface area contributed by atoms with Crippen molar-refractivity contribution in [1.82, 2.24) is 9.88 Å². The molecule has 3 aromatic rings. The van der Waals surface area contributed by atoms with Gasteiger partial charge in [-0.3, -0.25) is 24.3 Å². The van der Waals surface area contributed by atoms with Crippen molar-refractivity contribution in [2.45, 2.75) is 13.5 Å². The molecule has 0 unspecified atom stereocenters. The van der Waals surface area contributed by atoms with Gasteiger partial charge in [0.15, 0.2) is 0 Å². The molecule has 0 spiro atoms. The Morgan fingerprint density at radius 1 is 0.969 bits per heavy atom. The van der Waals surface area contributed by atoms with E-state index in [0.29, 0.717) is 22.5 Å². The van der Waals surface area contributed by atoms with Gasteiger partial charge in [0.1, 0.15) is 5.70 Å². The highest BCUT2D eigenvalue weighted by Gasteiger charge is 2.41. The zero-order valence-electron chi connectivity index (χ0n) is 17.8. The molecule has 1 N–H and O–H groups in total. The molecule has 0 aliphatic carbocycles. The maximum atomic E-state index is 13.5. The van der Waals surface area contributed by atoms with Crippen LogP contribution in [0.15, 0.2) is 84.8 Å². The molecule has 1 aliphatic rings. The van der Waals surface area contributed by atoms with Crippen molar-refractivity contribution in [1.29, 1.82) is 0 Å². The first-order chi connectivity index (χ1) is 15.5. The third-order valence-corrected chi connectivity index (χ3v) is 5.18. The van der Waals surface area contributed by atoms with E-state index in [-0.39, 0.29) is 24.3 Å². The number of carbonyl (C=O) groups excluding carboxylic acids is 3. The lowest BCUT2D eigenvalue weighted by molar-refractivity contribution is -0.137. The summed E-state index contributed by atoms with van der Waals surface area (Å²) in [6.07, 6.45) is 3.29. The molecule has 1 aliphatic heterocycles. The number of likely N-dealkylation sites (N-methyl/N-ethyl adjacent to an activating group) is 1. The first kappa shape index (κ1) is 21.0. The number of carbonyl (C=O) groups is 3. The summed E-state index contributed by atoms with van der Waals surface area (Å²) in [7, 11) is 1.77. The number of nitrogens with zero attached hydrogens (tertiary/aromatic N) is 3. The molecule has 2 aromatic carbocycles. The fraction of sp³-hybridized carbons (Fsp3) is 0.120. The highest BCUT2D eigenvalue weighted by Crippen LogP contribution is 2.34. The number of rotatable bonds is 6. The van der Waals surface area contributed by atoms with Gasteiger partial charge in [0, 0.05) is 37.7 Å². The topological polar surface area (TPSA) is 82.6 Å². The Labute approximate surface area is 186 Å². The van der Waals surface area contributed by atoms with Gasteiger partial charge in [-0.05, 0) is 41.5 Å². The Bertz CT molecular complexity index is 1190. The fourth-order valence-corrected chi connectivity index (χ4v) is 3.66. The van der Waals surface area contributed by atoms with Gasteiger partial charge in [-0.15, -0.1) is 0 Å². The summed E-state index contributed by atoms with van der Waals surface area (Å²) in [4.78, 5) is 45.3. The summed E-state index contributed by atoms with van der Waals surface area (Å²) in [5.41, 5.74) is 3.39. The number of anilines is 2. The van der Waals surface area contributed by atoms with E-state index in [0.717, 1.165) is 11.3 Å². The predicted octanol–water partition coefficient (Wildman–Crippen LogP) is 3.46. The summed E-state index contributed by atoms with van der Waals surface area (Å²) in [5, 5.41) is 2.71. The van der Waals surface area contributed by atoms with Gasteiger partial charge in [-0.2, -0.15) is 0 Å². The molecule has 160 valence electrons. The van der Waals surface area contributed by atoms with Crippen LogP contribution in [0.3, 0.4) is 0 Å². The van der Waals surface area contributed by atoms with Crippen molar-refractivity contribution < 1.29 is 14.4 Å². The molecule has 0 saturated carbocycles. The smallest absolute Gasteiger partial charge is 0.278 e. The number of aromatic nitrogens is 1. The number of para-hydroxylation sites is 1. The van der Waals surface area contributed by atoms with E-state index < -0.39 is 0 Å². The van der Waals surface area contributed by atoms with Crippen molar-refractivity contribution in [2.75, 3.05) is 17.3 Å². The Balaban J connectivity index is 1.76. The number of hydrogen-bond acceptors (Lipinski definition) is 5. The molecule has 4 rings (SSSR count). The molecule has 1 aromatic heterocycles. The Hall–Kier alpha value is -4.26. The van der Waals surface area contributed by atoms with E-state index in [1.54, 1.807) is 54.7 Å². The second-order valence-corrected chi connectivity index (χ2v) is 7.43. The minimum absolute atomic E-state index is 0.130. The summed E-state index contributed by atoms with van der Waals surface area (Å²) >= 11 is 0. The average molecular weight is 426 g/mol. The van der Waals surface area contributed by atoms with Crippen LogP contribution in [0.25, 0.3) is 5.57 Å². The fourth-order valence-electron chi connectivity index (χ4n) is 3.66. The van der Waals surface area contributed by atoms with Crippen LogP contribution in [0.5, 0.6) is 0 Å². The number of pyridine rings is 1. The third-order valence-electron chi connectivity index (χ3n) is 5.18. The zero-order valence-corrected chi connectivity index (χ0v) is 17.8. The van der Waals surface area contributed by atoms with Gasteiger partial charge in [0.05, 0.1) is 12.1 Å². The van der Waals surface area contributed by atoms with Gasteiger partial charge < -0.3 is 10.2 Å². The molecule has 7 heteroatoms. The first-order valence-corrected chi connectivity index (χ1v) is 10.1. The van der Waals surface area contributed by atoms with Gasteiger partial charge in [-0.25, -0.2) is 0 Å². The molecule has 2 heterocycles. The van der Waals surface area contributed by atoms with Gasteiger partial charge >= 0.3 is 0 Å². The van der Waals surface area contributed by atoms with Crippen molar-refractivity contribution in [3.8, 4) is 0 Å². The highest BCUT2D eigenvalue weighted by atomic mass is 16.2. The molecular formula is C25H22N4O3. The summed E-state index contributed by atoms with van der Waals surface area (Å²) in [5.74, 6) is -0.925. The number of hydrogen-bond donors (Lipinski definition) is 1. The van der Waals surface area contributed by atoms with Crippen LogP contribution < -0.4 is 10.2 Å². The Morgan fingerprint density at radius 2 is 1.69 bits per heavy atom. The van der Waals surface area contributed by atoms with Crippen molar-refractivity contribution in [2.24, 2.45) is 0 Å². The molecular weight excluding hydrogens is 404 g/mol. The van der Waals surface area contributed by atoms with E-state index in [2.05, 4.69) is 10.3 Å². The van der Waals surface area contributed by atoms with Gasteiger partial charge in [0.25, 0.3) is 11.8 Å². The van der Waals surface area contributed by atoms with Crippen molar-refractivity contribution in [3.05, 3.63) is 95.9 Å². The first-order valence-electron chi connectivity index (χ1n) is 10.1. The molecule has 0 atom stereocenters. The molecule has 0 radical (unpaired) electrons. The summed E-state index contributed by atoms with van der Waals surface area (Å²) in [6.45, 7) is 1.56. The monoisotopic (exact) mass is 426 g/mol. The van der Waals surface area contributed by atoms with Crippen LogP contribution in [0.1, 0.15) is 18.1 Å². The van der Waals surface area contributed by atoms with Crippen molar-refractivity contribution >= 4 is 34.7 Å². The quantitative estimate of drug-likeness (QED) is 0.611. The normalized spacial score (nSPS) is 13.5. The lowest BCUT2D eigenvalue weighted by Crippen LogP contribution is -2.33. The van der Waals surface area contributed by atoms with Crippen LogP contribution in [-0.4, -0.2) is 34.7 Å². The largest absolute Gasteiger partial charge is 0.339 e.